The number of fused-ring (bicyclic) bond motifs is 1. The molecular weight excluding hydrogens is 438 g/mol. The van der Waals surface area contributed by atoms with Gasteiger partial charge in [0, 0.05) is 20.4 Å². The second-order valence-corrected chi connectivity index (χ2v) is 7.80. The molecule has 1 heterocycles. The third kappa shape index (κ3) is 3.46. The summed E-state index contributed by atoms with van der Waals surface area (Å²) in [4.78, 5) is 13.3. The molecule has 0 bridgehead atoms. The molecule has 0 amide bonds. The van der Waals surface area contributed by atoms with Crippen molar-refractivity contribution in [1.82, 2.24) is 4.57 Å². The van der Waals surface area contributed by atoms with Crippen molar-refractivity contribution in [2.24, 2.45) is 0 Å². The molecule has 0 atom stereocenters. The maximum atomic E-state index is 13.3. The van der Waals surface area contributed by atoms with E-state index >= 15 is 0 Å². The summed E-state index contributed by atoms with van der Waals surface area (Å²) in [6.45, 7) is 0.438. The van der Waals surface area contributed by atoms with Crippen LogP contribution in [0, 0.1) is 0 Å². The number of para-hydroxylation sites is 1. The number of hydrogen-bond acceptors (Lipinski definition) is 2. The van der Waals surface area contributed by atoms with E-state index < -0.39 is 0 Å². The number of halogens is 2. The molecule has 0 fully saturated rings. The van der Waals surface area contributed by atoms with Crippen LogP contribution in [0.5, 0.6) is 5.75 Å². The van der Waals surface area contributed by atoms with Crippen LogP contribution in [0.2, 0.25) is 5.02 Å². The van der Waals surface area contributed by atoms with E-state index in [1.807, 2.05) is 72.8 Å². The number of benzene rings is 3. The second kappa shape index (κ2) is 7.82. The summed E-state index contributed by atoms with van der Waals surface area (Å²) in [7, 11) is 1.54. The number of rotatable bonds is 4. The molecule has 5 heteroatoms. The summed E-state index contributed by atoms with van der Waals surface area (Å²) < 4.78 is 8.33. The number of nitrogens with zero attached hydrogens (tertiary/aromatic N) is 1. The Morgan fingerprint density at radius 1 is 0.964 bits per heavy atom. The first kappa shape index (κ1) is 18.8. The molecule has 4 aromatic rings. The fourth-order valence-electron chi connectivity index (χ4n) is 3.40. The molecule has 4 rings (SSSR count). The zero-order chi connectivity index (χ0) is 19.7. The molecule has 3 aromatic carbocycles. The quantitative estimate of drug-likeness (QED) is 0.371. The highest BCUT2D eigenvalue weighted by Gasteiger charge is 2.19. The number of pyridine rings is 1. The van der Waals surface area contributed by atoms with Crippen LogP contribution in [0.4, 0.5) is 0 Å². The number of ether oxygens (including phenoxy) is 1. The Kier molecular flexibility index (Phi) is 5.25. The van der Waals surface area contributed by atoms with Gasteiger partial charge in [0.1, 0.15) is 0 Å². The predicted octanol–water partition coefficient (Wildman–Crippen LogP) is 6.14. The van der Waals surface area contributed by atoms with Crippen LogP contribution in [0.25, 0.3) is 22.0 Å². The van der Waals surface area contributed by atoms with Crippen molar-refractivity contribution in [1.29, 1.82) is 0 Å². The minimum atomic E-state index is -0.158. The van der Waals surface area contributed by atoms with Crippen molar-refractivity contribution in [3.05, 3.63) is 98.2 Å². The van der Waals surface area contributed by atoms with Gasteiger partial charge in [-0.2, -0.15) is 0 Å². The highest BCUT2D eigenvalue weighted by molar-refractivity contribution is 9.10. The first-order valence-electron chi connectivity index (χ1n) is 8.78. The highest BCUT2D eigenvalue weighted by Crippen LogP contribution is 2.35. The summed E-state index contributed by atoms with van der Waals surface area (Å²) >= 11 is 9.46. The largest absolute Gasteiger partial charge is 0.491 e. The van der Waals surface area contributed by atoms with E-state index in [1.54, 1.807) is 11.7 Å². The van der Waals surface area contributed by atoms with Crippen molar-refractivity contribution in [3.8, 4) is 16.9 Å². The maximum absolute atomic E-state index is 13.3. The Balaban J connectivity index is 1.99. The van der Waals surface area contributed by atoms with Crippen LogP contribution in [-0.4, -0.2) is 11.7 Å². The van der Waals surface area contributed by atoms with E-state index in [0.717, 1.165) is 32.1 Å². The number of aromatic nitrogens is 1. The van der Waals surface area contributed by atoms with E-state index in [-0.39, 0.29) is 5.56 Å². The first-order valence-corrected chi connectivity index (χ1v) is 9.95. The van der Waals surface area contributed by atoms with Gasteiger partial charge in [-0.1, -0.05) is 70.0 Å². The van der Waals surface area contributed by atoms with Crippen LogP contribution < -0.4 is 10.3 Å². The molecule has 0 spiro atoms. The van der Waals surface area contributed by atoms with Crippen LogP contribution in [-0.2, 0) is 6.54 Å². The van der Waals surface area contributed by atoms with E-state index in [1.165, 1.54) is 0 Å². The van der Waals surface area contributed by atoms with E-state index in [4.69, 9.17) is 16.3 Å². The van der Waals surface area contributed by atoms with Crippen molar-refractivity contribution in [3.63, 3.8) is 0 Å². The Labute approximate surface area is 176 Å². The molecule has 0 aliphatic carbocycles. The average Bonchev–Trinajstić information content (AvgIpc) is 2.72. The van der Waals surface area contributed by atoms with E-state index in [2.05, 4.69) is 15.9 Å². The zero-order valence-electron chi connectivity index (χ0n) is 15.2. The van der Waals surface area contributed by atoms with Crippen molar-refractivity contribution >= 4 is 38.4 Å². The molecule has 0 saturated heterocycles. The molecule has 0 unspecified atom stereocenters. The second-order valence-electron chi connectivity index (χ2n) is 6.45. The lowest BCUT2D eigenvalue weighted by atomic mass is 9.99. The fraction of sp³-hybridized carbons (Fsp3) is 0.0870. The molecule has 0 N–H and O–H groups in total. The minimum Gasteiger partial charge on any atom is -0.491 e. The molecule has 0 aliphatic heterocycles. The molecule has 0 radical (unpaired) electrons. The van der Waals surface area contributed by atoms with E-state index in [9.17, 15) is 4.79 Å². The van der Waals surface area contributed by atoms with Gasteiger partial charge in [0.25, 0.3) is 5.56 Å². The lowest BCUT2D eigenvalue weighted by molar-refractivity contribution is 0.407. The molecule has 0 saturated carbocycles. The van der Waals surface area contributed by atoms with Crippen LogP contribution in [0.15, 0.2) is 82.1 Å². The Morgan fingerprint density at radius 2 is 1.64 bits per heavy atom. The van der Waals surface area contributed by atoms with Gasteiger partial charge < -0.3 is 9.30 Å². The predicted molar refractivity (Wildman–Crippen MR) is 118 cm³/mol. The first-order chi connectivity index (χ1) is 13.6. The molecule has 28 heavy (non-hydrogen) atoms. The van der Waals surface area contributed by atoms with Gasteiger partial charge in [0.2, 0.25) is 0 Å². The number of hydrogen-bond donors (Lipinski definition) is 0. The zero-order valence-corrected chi connectivity index (χ0v) is 17.5. The Bertz CT molecular complexity index is 1200. The molecule has 3 nitrogen and oxygen atoms in total. The smallest absolute Gasteiger partial charge is 0.294 e. The summed E-state index contributed by atoms with van der Waals surface area (Å²) in [5.74, 6) is 0.343. The molecule has 1 aromatic heterocycles. The normalized spacial score (nSPS) is 11.0. The fourth-order valence-corrected chi connectivity index (χ4v) is 3.79. The van der Waals surface area contributed by atoms with Gasteiger partial charge in [0.05, 0.1) is 19.2 Å². The number of methoxy groups -OCH3 is 1. The van der Waals surface area contributed by atoms with E-state index in [0.29, 0.717) is 17.3 Å². The average molecular weight is 455 g/mol. The minimum absolute atomic E-state index is 0.158. The van der Waals surface area contributed by atoms with Crippen molar-refractivity contribution in [2.75, 3.05) is 7.11 Å². The lowest BCUT2D eigenvalue weighted by Gasteiger charge is -2.17. The summed E-state index contributed by atoms with van der Waals surface area (Å²) in [6, 6.07) is 23.3. The van der Waals surface area contributed by atoms with Gasteiger partial charge in [-0.05, 0) is 41.5 Å². The third-order valence-electron chi connectivity index (χ3n) is 4.72. The SMILES string of the molecule is COc1c(-c2ccc(Br)cc2)c2ccccc2n(Cc2ccc(Cl)cc2)c1=O. The molecule has 0 aliphatic rings. The van der Waals surface area contributed by atoms with Crippen molar-refractivity contribution < 1.29 is 4.74 Å². The van der Waals surface area contributed by atoms with Gasteiger partial charge in [-0.15, -0.1) is 0 Å². The van der Waals surface area contributed by atoms with Crippen molar-refractivity contribution in [2.45, 2.75) is 6.54 Å². The highest BCUT2D eigenvalue weighted by atomic mass is 79.9. The Hall–Kier alpha value is -2.56. The van der Waals surface area contributed by atoms with Crippen LogP contribution in [0.3, 0.4) is 0 Å². The maximum Gasteiger partial charge on any atom is 0.294 e. The molecular formula is C23H17BrClNO2. The summed E-state index contributed by atoms with van der Waals surface area (Å²) in [5, 5.41) is 1.64. The van der Waals surface area contributed by atoms with Gasteiger partial charge in [-0.3, -0.25) is 4.79 Å². The van der Waals surface area contributed by atoms with Crippen LogP contribution >= 0.6 is 27.5 Å². The monoisotopic (exact) mass is 453 g/mol. The summed E-state index contributed by atoms with van der Waals surface area (Å²) in [6.07, 6.45) is 0. The van der Waals surface area contributed by atoms with Gasteiger partial charge in [-0.25, -0.2) is 0 Å². The third-order valence-corrected chi connectivity index (χ3v) is 5.50. The summed E-state index contributed by atoms with van der Waals surface area (Å²) in [5.41, 5.74) is 3.44. The van der Waals surface area contributed by atoms with Crippen LogP contribution in [0.1, 0.15) is 5.56 Å². The standard InChI is InChI=1S/C23H17BrClNO2/c1-28-22-21(16-8-10-17(24)11-9-16)19-4-2-3-5-20(19)26(23(22)27)14-15-6-12-18(25)13-7-15/h2-13H,14H2,1H3. The lowest BCUT2D eigenvalue weighted by Crippen LogP contribution is -2.23. The molecule has 140 valence electrons. The topological polar surface area (TPSA) is 31.2 Å². The Morgan fingerprint density at radius 3 is 2.32 bits per heavy atom. The van der Waals surface area contributed by atoms with Gasteiger partial charge >= 0.3 is 0 Å². The van der Waals surface area contributed by atoms with Gasteiger partial charge in [0.15, 0.2) is 5.75 Å².